The number of carbonyl (C=O) groups excluding carboxylic acids is 1. The second-order valence-electron chi connectivity index (χ2n) is 4.60. The Bertz CT molecular complexity index is 445. The topological polar surface area (TPSA) is 46.3 Å². The molecule has 2 rings (SSSR count). The summed E-state index contributed by atoms with van der Waals surface area (Å²) in [5, 5.41) is 0.297. The van der Waals surface area contributed by atoms with Crippen LogP contribution in [0.2, 0.25) is 5.02 Å². The zero-order chi connectivity index (χ0) is 13.1. The van der Waals surface area contributed by atoms with Crippen molar-refractivity contribution in [1.82, 2.24) is 4.90 Å². The molecule has 2 N–H and O–H groups in total. The lowest BCUT2D eigenvalue weighted by atomic mass is 9.96. The van der Waals surface area contributed by atoms with Gasteiger partial charge in [-0.2, -0.15) is 0 Å². The van der Waals surface area contributed by atoms with E-state index in [1.165, 1.54) is 18.2 Å². The zero-order valence-corrected chi connectivity index (χ0v) is 10.8. The normalized spacial score (nSPS) is 16.9. The fourth-order valence-corrected chi connectivity index (χ4v) is 2.36. The Labute approximate surface area is 111 Å². The molecule has 1 aromatic carbocycles. The molecule has 1 aliphatic rings. The molecule has 18 heavy (non-hydrogen) atoms. The van der Waals surface area contributed by atoms with Gasteiger partial charge in [-0.1, -0.05) is 11.6 Å². The molecular weight excluding hydrogens is 255 g/mol. The van der Waals surface area contributed by atoms with E-state index in [2.05, 4.69) is 0 Å². The van der Waals surface area contributed by atoms with E-state index in [1.54, 1.807) is 4.90 Å². The van der Waals surface area contributed by atoms with E-state index in [1.807, 2.05) is 0 Å². The number of likely N-dealkylation sites (tertiary alicyclic amines) is 1. The third-order valence-electron chi connectivity index (χ3n) is 3.40. The van der Waals surface area contributed by atoms with Gasteiger partial charge < -0.3 is 10.6 Å². The fourth-order valence-electron chi connectivity index (χ4n) is 2.21. The van der Waals surface area contributed by atoms with Crippen LogP contribution in [0.4, 0.5) is 4.39 Å². The van der Waals surface area contributed by atoms with Crippen molar-refractivity contribution >= 4 is 17.5 Å². The number of piperidine rings is 1. The summed E-state index contributed by atoms with van der Waals surface area (Å²) in [4.78, 5) is 13.8. The van der Waals surface area contributed by atoms with Crippen molar-refractivity contribution in [2.45, 2.75) is 12.8 Å². The van der Waals surface area contributed by atoms with Crippen LogP contribution in [0, 0.1) is 11.7 Å². The van der Waals surface area contributed by atoms with E-state index >= 15 is 0 Å². The number of benzene rings is 1. The second kappa shape index (κ2) is 5.67. The highest BCUT2D eigenvalue weighted by Gasteiger charge is 2.24. The van der Waals surface area contributed by atoms with Crippen molar-refractivity contribution in [3.05, 3.63) is 34.6 Å². The lowest BCUT2D eigenvalue weighted by molar-refractivity contribution is 0.0688. The molecule has 0 unspecified atom stereocenters. The lowest BCUT2D eigenvalue weighted by Gasteiger charge is -2.31. The molecule has 0 aromatic heterocycles. The summed E-state index contributed by atoms with van der Waals surface area (Å²) in [5.74, 6) is -0.350. The first-order chi connectivity index (χ1) is 8.61. The molecule has 0 saturated carbocycles. The Kier molecular flexibility index (Phi) is 4.19. The van der Waals surface area contributed by atoms with E-state index in [-0.39, 0.29) is 11.5 Å². The molecule has 0 bridgehead atoms. The maximum atomic E-state index is 13.6. The van der Waals surface area contributed by atoms with Crippen LogP contribution in [0.25, 0.3) is 0 Å². The average molecular weight is 271 g/mol. The summed E-state index contributed by atoms with van der Waals surface area (Å²) >= 11 is 5.67. The maximum absolute atomic E-state index is 13.6. The largest absolute Gasteiger partial charge is 0.339 e. The monoisotopic (exact) mass is 270 g/mol. The van der Waals surface area contributed by atoms with Crippen molar-refractivity contribution in [3.8, 4) is 0 Å². The van der Waals surface area contributed by atoms with Crippen LogP contribution < -0.4 is 5.73 Å². The van der Waals surface area contributed by atoms with Gasteiger partial charge in [0, 0.05) is 18.1 Å². The summed E-state index contributed by atoms with van der Waals surface area (Å²) in [6, 6.07) is 4.14. The van der Waals surface area contributed by atoms with Crippen LogP contribution in [0.15, 0.2) is 18.2 Å². The van der Waals surface area contributed by atoms with Gasteiger partial charge in [0.05, 0.1) is 5.56 Å². The number of amides is 1. The summed E-state index contributed by atoms with van der Waals surface area (Å²) in [7, 11) is 0. The molecule has 1 heterocycles. The minimum absolute atomic E-state index is 0.0885. The number of rotatable bonds is 2. The highest BCUT2D eigenvalue weighted by Crippen LogP contribution is 2.20. The standard InChI is InChI=1S/C13H16ClFN2O/c14-10-1-2-11(12(15)7-10)13(18)17-5-3-9(8-16)4-6-17/h1-2,7,9H,3-6,8,16H2. The Morgan fingerprint density at radius 3 is 2.67 bits per heavy atom. The predicted octanol–water partition coefficient (Wildman–Crippen LogP) is 2.29. The molecule has 0 spiro atoms. The summed E-state index contributed by atoms with van der Waals surface area (Å²) in [5.41, 5.74) is 5.69. The molecular formula is C13H16ClFN2O. The number of nitrogens with two attached hydrogens (primary N) is 1. The first-order valence-electron chi connectivity index (χ1n) is 6.06. The predicted molar refractivity (Wildman–Crippen MR) is 69.1 cm³/mol. The smallest absolute Gasteiger partial charge is 0.256 e. The van der Waals surface area contributed by atoms with Gasteiger partial charge in [-0.25, -0.2) is 4.39 Å². The maximum Gasteiger partial charge on any atom is 0.256 e. The number of halogens is 2. The van der Waals surface area contributed by atoms with Gasteiger partial charge in [-0.05, 0) is 43.5 Å². The zero-order valence-electron chi connectivity index (χ0n) is 10.0. The van der Waals surface area contributed by atoms with Crippen LogP contribution in [0.1, 0.15) is 23.2 Å². The van der Waals surface area contributed by atoms with Gasteiger partial charge in [0.25, 0.3) is 5.91 Å². The van der Waals surface area contributed by atoms with E-state index in [0.29, 0.717) is 30.6 Å². The Balaban J connectivity index is 2.08. The van der Waals surface area contributed by atoms with Gasteiger partial charge in [0.1, 0.15) is 5.82 Å². The van der Waals surface area contributed by atoms with Crippen molar-refractivity contribution in [3.63, 3.8) is 0 Å². The molecule has 1 amide bonds. The molecule has 1 aromatic rings. The molecule has 0 radical (unpaired) electrons. The van der Waals surface area contributed by atoms with Crippen molar-refractivity contribution < 1.29 is 9.18 Å². The number of hydrogen-bond donors (Lipinski definition) is 1. The van der Waals surface area contributed by atoms with Crippen molar-refractivity contribution in [1.29, 1.82) is 0 Å². The van der Waals surface area contributed by atoms with E-state index in [4.69, 9.17) is 17.3 Å². The molecule has 0 aliphatic carbocycles. The van der Waals surface area contributed by atoms with Crippen LogP contribution in [-0.4, -0.2) is 30.4 Å². The molecule has 98 valence electrons. The minimum atomic E-state index is -0.562. The summed E-state index contributed by atoms with van der Waals surface area (Å²) in [6.07, 6.45) is 1.77. The van der Waals surface area contributed by atoms with E-state index < -0.39 is 5.82 Å². The van der Waals surface area contributed by atoms with Gasteiger partial charge in [0.2, 0.25) is 0 Å². The Morgan fingerprint density at radius 2 is 2.11 bits per heavy atom. The van der Waals surface area contributed by atoms with Crippen LogP contribution in [0.3, 0.4) is 0 Å². The SMILES string of the molecule is NCC1CCN(C(=O)c2ccc(Cl)cc2F)CC1. The van der Waals surface area contributed by atoms with Crippen LogP contribution in [0.5, 0.6) is 0 Å². The van der Waals surface area contributed by atoms with Crippen LogP contribution >= 0.6 is 11.6 Å². The van der Waals surface area contributed by atoms with Gasteiger partial charge in [0.15, 0.2) is 0 Å². The first-order valence-corrected chi connectivity index (χ1v) is 6.44. The van der Waals surface area contributed by atoms with Gasteiger partial charge >= 0.3 is 0 Å². The molecule has 1 fully saturated rings. The first kappa shape index (κ1) is 13.3. The highest BCUT2D eigenvalue weighted by molar-refractivity contribution is 6.30. The highest BCUT2D eigenvalue weighted by atomic mass is 35.5. The van der Waals surface area contributed by atoms with E-state index in [0.717, 1.165) is 12.8 Å². The molecule has 1 aliphatic heterocycles. The van der Waals surface area contributed by atoms with Gasteiger partial charge in [-0.15, -0.1) is 0 Å². The lowest BCUT2D eigenvalue weighted by Crippen LogP contribution is -2.40. The average Bonchev–Trinajstić information content (AvgIpc) is 2.38. The van der Waals surface area contributed by atoms with Gasteiger partial charge in [-0.3, -0.25) is 4.79 Å². The third-order valence-corrected chi connectivity index (χ3v) is 3.63. The van der Waals surface area contributed by atoms with Crippen LogP contribution in [-0.2, 0) is 0 Å². The van der Waals surface area contributed by atoms with Crippen molar-refractivity contribution in [2.75, 3.05) is 19.6 Å². The fraction of sp³-hybridized carbons (Fsp3) is 0.462. The number of hydrogen-bond acceptors (Lipinski definition) is 2. The Hall–Kier alpha value is -1.13. The van der Waals surface area contributed by atoms with E-state index in [9.17, 15) is 9.18 Å². The molecule has 1 saturated heterocycles. The third kappa shape index (κ3) is 2.82. The number of nitrogens with zero attached hydrogens (tertiary/aromatic N) is 1. The number of carbonyl (C=O) groups is 1. The summed E-state index contributed by atoms with van der Waals surface area (Å²) in [6.45, 7) is 1.93. The molecule has 5 heteroatoms. The second-order valence-corrected chi connectivity index (χ2v) is 5.03. The summed E-state index contributed by atoms with van der Waals surface area (Å²) < 4.78 is 13.6. The Morgan fingerprint density at radius 1 is 1.44 bits per heavy atom. The minimum Gasteiger partial charge on any atom is -0.339 e. The van der Waals surface area contributed by atoms with Crippen molar-refractivity contribution in [2.24, 2.45) is 11.7 Å². The quantitative estimate of drug-likeness (QED) is 0.896. The molecule has 0 atom stereocenters. The molecule has 3 nitrogen and oxygen atoms in total.